The molecule has 3 heterocycles. The van der Waals surface area contributed by atoms with Crippen LogP contribution < -0.4 is 20.4 Å². The number of thiocarbonyl (C=S) groups is 1. The van der Waals surface area contributed by atoms with Gasteiger partial charge in [0.15, 0.2) is 5.11 Å². The second kappa shape index (κ2) is 11.5. The Morgan fingerprint density at radius 3 is 2.37 bits per heavy atom. The number of nitrogens with zero attached hydrogens (tertiary/aromatic N) is 4. The lowest BCUT2D eigenvalue weighted by atomic mass is 9.96. The Morgan fingerprint density at radius 2 is 1.76 bits per heavy atom. The van der Waals surface area contributed by atoms with Gasteiger partial charge in [0.25, 0.3) is 0 Å². The molecule has 7 nitrogen and oxygen atoms in total. The molecule has 41 heavy (non-hydrogen) atoms. The zero-order chi connectivity index (χ0) is 29.4. The number of hydrogen-bond acceptors (Lipinski definition) is 4. The molecule has 0 saturated carbocycles. The fourth-order valence-electron chi connectivity index (χ4n) is 5.37. The molecule has 5 rings (SSSR count). The summed E-state index contributed by atoms with van der Waals surface area (Å²) in [6.07, 6.45) is 1.80. The van der Waals surface area contributed by atoms with Crippen molar-refractivity contribution in [3.63, 3.8) is 0 Å². The van der Waals surface area contributed by atoms with Crippen molar-refractivity contribution in [2.75, 3.05) is 29.2 Å². The number of halogens is 1. The molecular formula is C32H35ClN6OS. The number of pyridine rings is 1. The highest BCUT2D eigenvalue weighted by atomic mass is 35.5. The van der Waals surface area contributed by atoms with E-state index in [1.807, 2.05) is 64.3 Å². The highest BCUT2D eigenvalue weighted by Crippen LogP contribution is 2.44. The molecule has 4 aromatic rings. The van der Waals surface area contributed by atoms with Gasteiger partial charge in [-0.1, -0.05) is 31.5 Å². The van der Waals surface area contributed by atoms with E-state index in [4.69, 9.17) is 23.8 Å². The van der Waals surface area contributed by atoms with Crippen LogP contribution in [0.5, 0.6) is 0 Å². The summed E-state index contributed by atoms with van der Waals surface area (Å²) in [6, 6.07) is 22.0. The van der Waals surface area contributed by atoms with Gasteiger partial charge in [-0.3, -0.25) is 9.78 Å². The Kier molecular flexibility index (Phi) is 8.07. The molecule has 1 aliphatic heterocycles. The van der Waals surface area contributed by atoms with Crippen LogP contribution >= 0.6 is 23.8 Å². The summed E-state index contributed by atoms with van der Waals surface area (Å²) >= 11 is 12.6. The minimum Gasteiger partial charge on any atom is -0.378 e. The van der Waals surface area contributed by atoms with Gasteiger partial charge in [0.2, 0.25) is 5.91 Å². The molecule has 1 aliphatic rings. The number of aryl methyl sites for hydroxylation is 1. The van der Waals surface area contributed by atoms with E-state index in [9.17, 15) is 4.79 Å². The van der Waals surface area contributed by atoms with Crippen LogP contribution in [0.4, 0.5) is 17.1 Å². The van der Waals surface area contributed by atoms with E-state index in [0.29, 0.717) is 15.8 Å². The minimum absolute atomic E-state index is 0.0860. The van der Waals surface area contributed by atoms with Crippen LogP contribution in [0.15, 0.2) is 72.9 Å². The maximum atomic E-state index is 12.3. The summed E-state index contributed by atoms with van der Waals surface area (Å²) in [5.74, 6) is -0.240. The van der Waals surface area contributed by atoms with Crippen molar-refractivity contribution < 1.29 is 4.79 Å². The Morgan fingerprint density at radius 1 is 1.05 bits per heavy atom. The molecule has 2 aromatic heterocycles. The van der Waals surface area contributed by atoms with Gasteiger partial charge in [0.05, 0.1) is 28.5 Å². The SMILES string of the molecule is Cc1cc([C@@H]2[C@@H](c3ccccn3)NC(=S)N2c2ccc(NC(=O)C(C)C)c(Cl)c2)c(C)n1-c1ccc(N(C)C)cc1. The van der Waals surface area contributed by atoms with E-state index in [1.54, 1.807) is 6.20 Å². The average molecular weight is 587 g/mol. The number of amides is 1. The first-order valence-corrected chi connectivity index (χ1v) is 14.4. The first kappa shape index (κ1) is 28.6. The summed E-state index contributed by atoms with van der Waals surface area (Å²) < 4.78 is 2.28. The average Bonchev–Trinajstić information content (AvgIpc) is 3.44. The fraction of sp³-hybridized carbons (Fsp3) is 0.281. The number of carbonyl (C=O) groups excluding carboxylic acids is 1. The van der Waals surface area contributed by atoms with Crippen molar-refractivity contribution in [3.05, 3.63) is 101 Å². The normalized spacial score (nSPS) is 16.7. The van der Waals surface area contributed by atoms with Crippen molar-refractivity contribution in [3.8, 4) is 5.69 Å². The van der Waals surface area contributed by atoms with Crippen molar-refractivity contribution in [1.82, 2.24) is 14.9 Å². The third-order valence-corrected chi connectivity index (χ3v) is 8.15. The molecule has 2 aromatic carbocycles. The number of hydrogen-bond donors (Lipinski definition) is 2. The lowest BCUT2D eigenvalue weighted by molar-refractivity contribution is -0.118. The predicted molar refractivity (Wildman–Crippen MR) is 172 cm³/mol. The lowest BCUT2D eigenvalue weighted by Gasteiger charge is -2.28. The number of aromatic nitrogens is 2. The zero-order valence-electron chi connectivity index (χ0n) is 24.1. The molecule has 1 fully saturated rings. The van der Waals surface area contributed by atoms with Gasteiger partial charge in [0.1, 0.15) is 0 Å². The molecule has 1 saturated heterocycles. The Hall–Kier alpha value is -3.88. The van der Waals surface area contributed by atoms with Crippen LogP contribution in [-0.2, 0) is 4.79 Å². The van der Waals surface area contributed by atoms with Gasteiger partial charge in [-0.2, -0.15) is 0 Å². The maximum Gasteiger partial charge on any atom is 0.226 e. The van der Waals surface area contributed by atoms with Gasteiger partial charge in [0, 0.05) is 54.7 Å². The Balaban J connectivity index is 1.60. The second-order valence-electron chi connectivity index (χ2n) is 10.9. The molecular weight excluding hydrogens is 552 g/mol. The Bertz CT molecular complexity index is 1580. The van der Waals surface area contributed by atoms with E-state index in [-0.39, 0.29) is 23.9 Å². The van der Waals surface area contributed by atoms with E-state index in [0.717, 1.165) is 39.7 Å². The van der Waals surface area contributed by atoms with Gasteiger partial charge >= 0.3 is 0 Å². The number of anilines is 3. The van der Waals surface area contributed by atoms with Crippen LogP contribution in [0.25, 0.3) is 5.69 Å². The van der Waals surface area contributed by atoms with Gasteiger partial charge < -0.3 is 25.0 Å². The summed E-state index contributed by atoms with van der Waals surface area (Å²) in [5, 5.41) is 7.48. The summed E-state index contributed by atoms with van der Waals surface area (Å²) in [4.78, 5) is 21.2. The van der Waals surface area contributed by atoms with Gasteiger partial charge in [-0.15, -0.1) is 0 Å². The second-order valence-corrected chi connectivity index (χ2v) is 11.7. The molecule has 0 spiro atoms. The number of benzene rings is 2. The largest absolute Gasteiger partial charge is 0.378 e. The number of carbonyl (C=O) groups is 1. The molecule has 1 amide bonds. The predicted octanol–water partition coefficient (Wildman–Crippen LogP) is 6.98. The van der Waals surface area contributed by atoms with Crippen molar-refractivity contribution in [2.45, 2.75) is 39.8 Å². The third-order valence-electron chi connectivity index (χ3n) is 7.52. The van der Waals surface area contributed by atoms with Crippen LogP contribution in [0.1, 0.15) is 48.6 Å². The first-order chi connectivity index (χ1) is 19.6. The third kappa shape index (κ3) is 5.54. The van der Waals surface area contributed by atoms with E-state index >= 15 is 0 Å². The molecule has 0 unspecified atom stereocenters. The molecule has 0 radical (unpaired) electrons. The van der Waals surface area contributed by atoms with Crippen LogP contribution in [0.3, 0.4) is 0 Å². The summed E-state index contributed by atoms with van der Waals surface area (Å²) in [7, 11) is 4.08. The molecule has 2 atom stereocenters. The molecule has 0 bridgehead atoms. The van der Waals surface area contributed by atoms with Crippen LogP contribution in [-0.4, -0.2) is 34.7 Å². The van der Waals surface area contributed by atoms with Crippen molar-refractivity contribution in [2.24, 2.45) is 5.92 Å². The topological polar surface area (TPSA) is 65.4 Å². The standard InChI is InChI=1S/C32H35ClN6OS/c1-19(2)31(40)35-27-15-14-24(18-26(27)33)39-30(29(36-32(39)41)28-9-7-8-16-34-28)25-17-20(3)38(21(25)4)23-12-10-22(11-13-23)37(5)6/h7-19,29-30H,1-6H3,(H,35,40)(H,36,41)/t29-,30-/m1/s1. The zero-order valence-corrected chi connectivity index (χ0v) is 25.7. The number of nitrogens with one attached hydrogen (secondary N) is 2. The fourth-order valence-corrected chi connectivity index (χ4v) is 5.93. The molecule has 0 aliphatic carbocycles. The summed E-state index contributed by atoms with van der Waals surface area (Å²) in [5.41, 5.74) is 7.92. The van der Waals surface area contributed by atoms with E-state index in [2.05, 4.69) is 74.2 Å². The molecule has 2 N–H and O–H groups in total. The maximum absolute atomic E-state index is 12.3. The molecule has 212 valence electrons. The highest BCUT2D eigenvalue weighted by molar-refractivity contribution is 7.80. The van der Waals surface area contributed by atoms with E-state index in [1.165, 1.54) is 0 Å². The monoisotopic (exact) mass is 586 g/mol. The van der Waals surface area contributed by atoms with Crippen molar-refractivity contribution >= 4 is 51.9 Å². The Labute approximate surface area is 252 Å². The molecule has 9 heteroatoms. The van der Waals surface area contributed by atoms with Gasteiger partial charge in [-0.25, -0.2) is 0 Å². The number of rotatable bonds is 7. The van der Waals surface area contributed by atoms with Crippen LogP contribution in [0, 0.1) is 19.8 Å². The quantitative estimate of drug-likeness (QED) is 0.228. The lowest BCUT2D eigenvalue weighted by Crippen LogP contribution is -2.29. The van der Waals surface area contributed by atoms with Gasteiger partial charge in [-0.05, 0) is 92.3 Å². The smallest absolute Gasteiger partial charge is 0.226 e. The first-order valence-electron chi connectivity index (χ1n) is 13.6. The minimum atomic E-state index is -0.189. The van der Waals surface area contributed by atoms with E-state index < -0.39 is 0 Å². The van der Waals surface area contributed by atoms with Crippen LogP contribution in [0.2, 0.25) is 5.02 Å². The van der Waals surface area contributed by atoms with Crippen molar-refractivity contribution in [1.29, 1.82) is 0 Å². The summed E-state index contributed by atoms with van der Waals surface area (Å²) in [6.45, 7) is 7.97. The highest BCUT2D eigenvalue weighted by Gasteiger charge is 2.42.